The number of nitrogens with zero attached hydrogens (tertiary/aromatic N) is 2. The average molecular weight is 447 g/mol. The first-order valence-electron chi connectivity index (χ1n) is 11.4. The molecule has 2 N–H and O–H groups in total. The number of piperidine rings is 1. The predicted octanol–water partition coefficient (Wildman–Crippen LogP) is 3.83. The molecule has 1 unspecified atom stereocenters. The van der Waals surface area contributed by atoms with Crippen molar-refractivity contribution in [3.05, 3.63) is 59.2 Å². The van der Waals surface area contributed by atoms with Crippen molar-refractivity contribution in [2.45, 2.75) is 51.1 Å². The van der Waals surface area contributed by atoms with Crippen molar-refractivity contribution in [2.75, 3.05) is 18.9 Å². The third-order valence-corrected chi connectivity index (χ3v) is 6.91. The average Bonchev–Trinajstić information content (AvgIpc) is 2.79. The van der Waals surface area contributed by atoms with Crippen LogP contribution in [0.25, 0.3) is 0 Å². The maximum Gasteiger partial charge on any atom is 0.321 e. The fourth-order valence-electron chi connectivity index (χ4n) is 5.16. The van der Waals surface area contributed by atoms with Crippen LogP contribution in [-0.2, 0) is 16.6 Å². The first-order chi connectivity index (χ1) is 15.7. The van der Waals surface area contributed by atoms with Crippen LogP contribution in [0.15, 0.2) is 42.5 Å². The Morgan fingerprint density at radius 2 is 1.97 bits per heavy atom. The molecule has 7 heteroatoms. The Morgan fingerprint density at radius 1 is 1.24 bits per heavy atom. The largest absolute Gasteiger partial charge is 0.426 e. The Kier molecular flexibility index (Phi) is 6.13. The number of benzene rings is 2. The van der Waals surface area contributed by atoms with Gasteiger partial charge in [-0.25, -0.2) is 4.79 Å². The number of amides is 2. The SMILES string of the molecule is CC(C)C(=O)Oc1ccc2c(c1)[C@@]1(C)CCNC(C2)[C@@H]1N(C)C(=O)Nc1ccc(C#N)cc1. The smallest absolute Gasteiger partial charge is 0.321 e. The number of esters is 1. The minimum absolute atomic E-state index is 0.0758. The van der Waals surface area contributed by atoms with Crippen molar-refractivity contribution in [3.63, 3.8) is 0 Å². The van der Waals surface area contributed by atoms with Crippen LogP contribution >= 0.6 is 0 Å². The van der Waals surface area contributed by atoms with E-state index in [2.05, 4.69) is 23.6 Å². The third-order valence-electron chi connectivity index (χ3n) is 6.91. The number of nitrogens with one attached hydrogen (secondary N) is 2. The fourth-order valence-corrected chi connectivity index (χ4v) is 5.16. The maximum atomic E-state index is 13.2. The molecule has 1 aliphatic carbocycles. The van der Waals surface area contributed by atoms with Gasteiger partial charge in [-0.1, -0.05) is 26.8 Å². The first kappa shape index (κ1) is 22.8. The second kappa shape index (κ2) is 8.87. The normalized spacial score (nSPS) is 23.3. The van der Waals surface area contributed by atoms with Crippen LogP contribution in [0, 0.1) is 17.2 Å². The molecule has 0 radical (unpaired) electrons. The summed E-state index contributed by atoms with van der Waals surface area (Å²) in [6, 6.07) is 14.7. The van der Waals surface area contributed by atoms with E-state index in [1.54, 1.807) is 29.2 Å². The predicted molar refractivity (Wildman–Crippen MR) is 126 cm³/mol. The summed E-state index contributed by atoms with van der Waals surface area (Å²) in [4.78, 5) is 27.1. The zero-order valence-corrected chi connectivity index (χ0v) is 19.5. The molecule has 2 aromatic carbocycles. The number of fused-ring (bicyclic) bond motifs is 4. The molecule has 172 valence electrons. The van der Waals surface area contributed by atoms with Crippen LogP contribution < -0.4 is 15.4 Å². The van der Waals surface area contributed by atoms with E-state index in [9.17, 15) is 9.59 Å². The summed E-state index contributed by atoms with van der Waals surface area (Å²) in [6.07, 6.45) is 1.65. The highest BCUT2D eigenvalue weighted by Gasteiger charge is 2.51. The fraction of sp³-hybridized carbons (Fsp3) is 0.423. The summed E-state index contributed by atoms with van der Waals surface area (Å²) in [5.74, 6) is 0.0911. The molecule has 7 nitrogen and oxygen atoms in total. The number of ether oxygens (including phenoxy) is 1. The number of hydrogen-bond donors (Lipinski definition) is 2. The highest BCUT2D eigenvalue weighted by Crippen LogP contribution is 2.45. The Balaban J connectivity index is 1.61. The molecular weight excluding hydrogens is 416 g/mol. The Labute approximate surface area is 194 Å². The molecule has 1 saturated heterocycles. The lowest BCUT2D eigenvalue weighted by molar-refractivity contribution is -0.137. The quantitative estimate of drug-likeness (QED) is 0.550. The Bertz CT molecular complexity index is 1110. The number of carbonyl (C=O) groups excluding carboxylic acids is 2. The lowest BCUT2D eigenvalue weighted by atomic mass is 9.62. The van der Waals surface area contributed by atoms with Crippen LogP contribution in [-0.4, -0.2) is 42.6 Å². The number of hydrogen-bond acceptors (Lipinski definition) is 5. The van der Waals surface area contributed by atoms with Gasteiger partial charge in [0.25, 0.3) is 0 Å². The van der Waals surface area contributed by atoms with Gasteiger partial charge >= 0.3 is 12.0 Å². The van der Waals surface area contributed by atoms with E-state index >= 15 is 0 Å². The van der Waals surface area contributed by atoms with Gasteiger partial charge in [0.1, 0.15) is 5.75 Å². The molecule has 0 saturated carbocycles. The maximum absolute atomic E-state index is 13.2. The molecule has 0 aromatic heterocycles. The van der Waals surface area contributed by atoms with E-state index in [0.29, 0.717) is 17.0 Å². The van der Waals surface area contributed by atoms with Crippen LogP contribution in [0.2, 0.25) is 0 Å². The summed E-state index contributed by atoms with van der Waals surface area (Å²) in [5.41, 5.74) is 3.26. The van der Waals surface area contributed by atoms with E-state index in [-0.39, 0.29) is 35.4 Å². The van der Waals surface area contributed by atoms with Gasteiger partial charge < -0.3 is 20.3 Å². The molecule has 0 spiro atoms. The summed E-state index contributed by atoms with van der Waals surface area (Å²) >= 11 is 0. The Hall–Kier alpha value is -3.37. The minimum Gasteiger partial charge on any atom is -0.426 e. The van der Waals surface area contributed by atoms with Gasteiger partial charge in [-0.2, -0.15) is 5.26 Å². The number of likely N-dealkylation sites (N-methyl/N-ethyl adjacent to an activating group) is 1. The van der Waals surface area contributed by atoms with E-state index in [4.69, 9.17) is 10.00 Å². The van der Waals surface area contributed by atoms with Crippen LogP contribution in [0.1, 0.15) is 43.9 Å². The van der Waals surface area contributed by atoms with Crippen molar-refractivity contribution in [1.82, 2.24) is 10.2 Å². The van der Waals surface area contributed by atoms with Gasteiger partial charge in [0, 0.05) is 24.2 Å². The second-order valence-corrected chi connectivity index (χ2v) is 9.50. The summed E-state index contributed by atoms with van der Waals surface area (Å²) < 4.78 is 5.60. The zero-order chi connectivity index (χ0) is 23.8. The number of anilines is 1. The van der Waals surface area contributed by atoms with Gasteiger partial charge in [0.2, 0.25) is 0 Å². The molecule has 2 amide bonds. The number of nitriles is 1. The van der Waals surface area contributed by atoms with E-state index in [1.807, 2.05) is 39.1 Å². The highest BCUT2D eigenvalue weighted by atomic mass is 16.5. The zero-order valence-electron chi connectivity index (χ0n) is 19.5. The molecule has 3 atom stereocenters. The Morgan fingerprint density at radius 3 is 2.64 bits per heavy atom. The van der Waals surface area contributed by atoms with Crippen molar-refractivity contribution in [1.29, 1.82) is 5.26 Å². The summed E-state index contributed by atoms with van der Waals surface area (Å²) in [5, 5.41) is 15.5. The molecule has 4 rings (SSSR count). The third kappa shape index (κ3) is 4.31. The van der Waals surface area contributed by atoms with Gasteiger partial charge in [0.15, 0.2) is 0 Å². The number of urea groups is 1. The molecule has 1 aliphatic heterocycles. The van der Waals surface area contributed by atoms with Gasteiger partial charge in [-0.05, 0) is 66.9 Å². The van der Waals surface area contributed by atoms with E-state index in [0.717, 1.165) is 24.9 Å². The summed E-state index contributed by atoms with van der Waals surface area (Å²) in [7, 11) is 1.83. The summed E-state index contributed by atoms with van der Waals surface area (Å²) in [6.45, 7) is 6.69. The monoisotopic (exact) mass is 446 g/mol. The number of carbonyl (C=O) groups is 2. The highest BCUT2D eigenvalue weighted by molar-refractivity contribution is 5.89. The molecule has 2 aromatic rings. The molecule has 1 heterocycles. The second-order valence-electron chi connectivity index (χ2n) is 9.50. The molecule has 1 fully saturated rings. The topological polar surface area (TPSA) is 94.5 Å². The van der Waals surface area contributed by atoms with Crippen molar-refractivity contribution < 1.29 is 14.3 Å². The molecule has 2 bridgehead atoms. The van der Waals surface area contributed by atoms with E-state index in [1.165, 1.54) is 5.56 Å². The van der Waals surface area contributed by atoms with Gasteiger partial charge in [-0.15, -0.1) is 0 Å². The first-order valence-corrected chi connectivity index (χ1v) is 11.4. The van der Waals surface area contributed by atoms with Gasteiger partial charge in [-0.3, -0.25) is 4.79 Å². The lowest BCUT2D eigenvalue weighted by Gasteiger charge is -2.54. The van der Waals surface area contributed by atoms with Gasteiger partial charge in [0.05, 0.1) is 23.6 Å². The standard InChI is InChI=1S/C26H30N4O3/c1-16(2)24(31)33-20-10-7-18-13-22-23(26(3,11-12-28-22)21(18)14-20)30(4)25(32)29-19-8-5-17(15-27)6-9-19/h5-10,14,16,22-23,28H,11-13H2,1-4H3,(H,29,32)/t22?,23-,26+/m0/s1. The molecular formula is C26H30N4O3. The van der Waals surface area contributed by atoms with Crippen LogP contribution in [0.5, 0.6) is 5.75 Å². The minimum atomic E-state index is -0.291. The van der Waals surface area contributed by atoms with Crippen molar-refractivity contribution in [3.8, 4) is 11.8 Å². The van der Waals surface area contributed by atoms with Crippen molar-refractivity contribution in [2.24, 2.45) is 5.92 Å². The lowest BCUT2D eigenvalue weighted by Crippen LogP contribution is -2.67. The number of rotatable bonds is 4. The van der Waals surface area contributed by atoms with Crippen LogP contribution in [0.4, 0.5) is 10.5 Å². The van der Waals surface area contributed by atoms with E-state index < -0.39 is 0 Å². The van der Waals surface area contributed by atoms with Crippen molar-refractivity contribution >= 4 is 17.7 Å². The molecule has 33 heavy (non-hydrogen) atoms. The molecule has 2 aliphatic rings. The van der Waals surface area contributed by atoms with Crippen LogP contribution in [0.3, 0.4) is 0 Å².